The van der Waals surface area contributed by atoms with E-state index < -0.39 is 6.10 Å². The van der Waals surface area contributed by atoms with E-state index in [-0.39, 0.29) is 11.8 Å². The van der Waals surface area contributed by atoms with Crippen molar-refractivity contribution in [3.05, 3.63) is 59.1 Å². The lowest BCUT2D eigenvalue weighted by Crippen LogP contribution is -2.34. The second-order valence-corrected chi connectivity index (χ2v) is 6.89. The third-order valence-corrected chi connectivity index (χ3v) is 4.89. The first-order chi connectivity index (χ1) is 13.1. The molecule has 2 amide bonds. The number of nitrogens with zero attached hydrogens (tertiary/aromatic N) is 1. The van der Waals surface area contributed by atoms with Crippen molar-refractivity contribution in [2.45, 2.75) is 32.3 Å². The molecule has 0 spiro atoms. The van der Waals surface area contributed by atoms with Crippen LogP contribution in [0.25, 0.3) is 0 Å². The number of ether oxygens (including phenoxy) is 1. The van der Waals surface area contributed by atoms with E-state index >= 15 is 0 Å². The van der Waals surface area contributed by atoms with Crippen molar-refractivity contribution in [3.8, 4) is 5.75 Å². The van der Waals surface area contributed by atoms with Crippen LogP contribution in [0.4, 0.5) is 5.69 Å². The van der Waals surface area contributed by atoms with E-state index in [1.54, 1.807) is 48.5 Å². The topological polar surface area (TPSA) is 58.6 Å². The van der Waals surface area contributed by atoms with E-state index in [1.807, 2.05) is 11.8 Å². The van der Waals surface area contributed by atoms with E-state index in [2.05, 4.69) is 5.32 Å². The van der Waals surface area contributed by atoms with Gasteiger partial charge in [0.05, 0.1) is 16.3 Å². The molecule has 1 atom stereocenters. The van der Waals surface area contributed by atoms with Gasteiger partial charge in [0.1, 0.15) is 5.75 Å². The zero-order valence-corrected chi connectivity index (χ0v) is 16.0. The SMILES string of the molecule is CC[C@H](Oc1ccccc1Cl)C(=O)Nc1ccccc1C(=O)N1CCCC1. The Morgan fingerprint density at radius 1 is 1.11 bits per heavy atom. The predicted octanol–water partition coefficient (Wildman–Crippen LogP) is 4.37. The van der Waals surface area contributed by atoms with Gasteiger partial charge in [0, 0.05) is 13.1 Å². The molecule has 1 fully saturated rings. The Hall–Kier alpha value is -2.53. The maximum Gasteiger partial charge on any atom is 0.265 e. The fourth-order valence-corrected chi connectivity index (χ4v) is 3.28. The number of carbonyl (C=O) groups is 2. The van der Waals surface area contributed by atoms with Crippen molar-refractivity contribution in [1.82, 2.24) is 4.90 Å². The Balaban J connectivity index is 1.74. The van der Waals surface area contributed by atoms with Gasteiger partial charge in [-0.05, 0) is 43.5 Å². The lowest BCUT2D eigenvalue weighted by molar-refractivity contribution is -0.122. The number of para-hydroxylation sites is 2. The van der Waals surface area contributed by atoms with Crippen molar-refractivity contribution < 1.29 is 14.3 Å². The molecular weight excluding hydrogens is 364 g/mol. The Bertz CT molecular complexity index is 819. The molecule has 0 bridgehead atoms. The standard InChI is InChI=1S/C21H23ClN2O3/c1-2-18(27-19-12-6-4-10-16(19)22)20(25)23-17-11-5-3-9-15(17)21(26)24-13-7-8-14-24/h3-6,9-12,18H,2,7-8,13-14H2,1H3,(H,23,25)/t18-/m0/s1. The molecule has 6 heteroatoms. The van der Waals surface area contributed by atoms with E-state index in [1.165, 1.54) is 0 Å². The summed E-state index contributed by atoms with van der Waals surface area (Å²) in [7, 11) is 0. The summed E-state index contributed by atoms with van der Waals surface area (Å²) in [4.78, 5) is 27.3. The molecule has 1 saturated heterocycles. The highest BCUT2D eigenvalue weighted by atomic mass is 35.5. The molecule has 142 valence electrons. The number of halogens is 1. The highest BCUT2D eigenvalue weighted by molar-refractivity contribution is 6.32. The summed E-state index contributed by atoms with van der Waals surface area (Å²) in [5, 5.41) is 3.30. The van der Waals surface area contributed by atoms with E-state index in [0.717, 1.165) is 25.9 Å². The number of benzene rings is 2. The minimum Gasteiger partial charge on any atom is -0.479 e. The number of anilines is 1. The number of hydrogen-bond acceptors (Lipinski definition) is 3. The summed E-state index contributed by atoms with van der Waals surface area (Å²) in [6.45, 7) is 3.38. The molecule has 5 nitrogen and oxygen atoms in total. The lowest BCUT2D eigenvalue weighted by atomic mass is 10.1. The van der Waals surface area contributed by atoms with E-state index in [4.69, 9.17) is 16.3 Å². The van der Waals surface area contributed by atoms with Crippen LogP contribution in [-0.2, 0) is 4.79 Å². The third kappa shape index (κ3) is 4.61. The lowest BCUT2D eigenvalue weighted by Gasteiger charge is -2.20. The molecular formula is C21H23ClN2O3. The Kier molecular flexibility index (Phi) is 6.35. The summed E-state index contributed by atoms with van der Waals surface area (Å²) in [5.74, 6) is 0.102. The van der Waals surface area contributed by atoms with Crippen molar-refractivity contribution >= 4 is 29.1 Å². The first-order valence-electron chi connectivity index (χ1n) is 9.20. The van der Waals surface area contributed by atoms with Gasteiger partial charge in [0.2, 0.25) is 0 Å². The summed E-state index contributed by atoms with van der Waals surface area (Å²) < 4.78 is 5.79. The second kappa shape index (κ2) is 8.91. The summed E-state index contributed by atoms with van der Waals surface area (Å²) >= 11 is 6.12. The van der Waals surface area contributed by atoms with Crippen LogP contribution in [0.1, 0.15) is 36.5 Å². The smallest absolute Gasteiger partial charge is 0.265 e. The Morgan fingerprint density at radius 3 is 2.48 bits per heavy atom. The predicted molar refractivity (Wildman–Crippen MR) is 106 cm³/mol. The molecule has 0 aromatic heterocycles. The largest absolute Gasteiger partial charge is 0.479 e. The summed E-state index contributed by atoms with van der Waals surface area (Å²) in [6, 6.07) is 14.1. The van der Waals surface area contributed by atoms with Crippen molar-refractivity contribution in [2.24, 2.45) is 0 Å². The zero-order chi connectivity index (χ0) is 19.2. The highest BCUT2D eigenvalue weighted by Crippen LogP contribution is 2.26. The normalized spacial score (nSPS) is 14.7. The molecule has 0 unspecified atom stereocenters. The number of nitrogens with one attached hydrogen (secondary N) is 1. The maximum atomic E-state index is 12.8. The van der Waals surface area contributed by atoms with Crippen LogP contribution < -0.4 is 10.1 Å². The van der Waals surface area contributed by atoms with Gasteiger partial charge in [-0.2, -0.15) is 0 Å². The van der Waals surface area contributed by atoms with E-state index in [0.29, 0.717) is 28.4 Å². The number of hydrogen-bond donors (Lipinski definition) is 1. The quantitative estimate of drug-likeness (QED) is 0.801. The van der Waals surface area contributed by atoms with Crippen LogP contribution in [0.2, 0.25) is 5.02 Å². The molecule has 3 rings (SSSR count). The minimum atomic E-state index is -0.708. The number of carbonyl (C=O) groups excluding carboxylic acids is 2. The molecule has 0 aliphatic carbocycles. The summed E-state index contributed by atoms with van der Waals surface area (Å²) in [6.07, 6.45) is 1.80. The first kappa shape index (κ1) is 19.2. The van der Waals surface area contributed by atoms with Crippen molar-refractivity contribution in [2.75, 3.05) is 18.4 Å². The van der Waals surface area contributed by atoms with Gasteiger partial charge in [0.15, 0.2) is 6.10 Å². The molecule has 2 aromatic carbocycles. The van der Waals surface area contributed by atoms with Crippen LogP contribution in [0.5, 0.6) is 5.75 Å². The molecule has 0 radical (unpaired) electrons. The Labute approximate surface area is 164 Å². The van der Waals surface area contributed by atoms with Crippen LogP contribution in [0, 0.1) is 0 Å². The number of amides is 2. The molecule has 1 heterocycles. The third-order valence-electron chi connectivity index (χ3n) is 4.58. The minimum absolute atomic E-state index is 0.0523. The van der Waals surface area contributed by atoms with Crippen molar-refractivity contribution in [1.29, 1.82) is 0 Å². The monoisotopic (exact) mass is 386 g/mol. The number of rotatable bonds is 6. The van der Waals surface area contributed by atoms with Gasteiger partial charge < -0.3 is 15.0 Å². The molecule has 2 aromatic rings. The number of likely N-dealkylation sites (tertiary alicyclic amines) is 1. The molecule has 1 aliphatic rings. The van der Waals surface area contributed by atoms with Gasteiger partial charge in [0.25, 0.3) is 11.8 Å². The van der Waals surface area contributed by atoms with Gasteiger partial charge in [-0.25, -0.2) is 0 Å². The maximum absolute atomic E-state index is 12.8. The van der Waals surface area contributed by atoms with Crippen LogP contribution in [0.15, 0.2) is 48.5 Å². The van der Waals surface area contributed by atoms with Crippen LogP contribution in [0.3, 0.4) is 0 Å². The van der Waals surface area contributed by atoms with Crippen LogP contribution in [-0.4, -0.2) is 35.9 Å². The van der Waals surface area contributed by atoms with Crippen molar-refractivity contribution in [3.63, 3.8) is 0 Å². The average Bonchev–Trinajstić information content (AvgIpc) is 3.22. The van der Waals surface area contributed by atoms with Gasteiger partial charge in [-0.3, -0.25) is 9.59 Å². The Morgan fingerprint density at radius 2 is 1.78 bits per heavy atom. The first-order valence-corrected chi connectivity index (χ1v) is 9.58. The fourth-order valence-electron chi connectivity index (χ4n) is 3.10. The van der Waals surface area contributed by atoms with Gasteiger partial charge in [-0.15, -0.1) is 0 Å². The second-order valence-electron chi connectivity index (χ2n) is 6.48. The molecule has 1 aliphatic heterocycles. The average molecular weight is 387 g/mol. The van der Waals surface area contributed by atoms with E-state index in [9.17, 15) is 9.59 Å². The molecule has 0 saturated carbocycles. The molecule has 1 N–H and O–H groups in total. The van der Waals surface area contributed by atoms with Gasteiger partial charge in [-0.1, -0.05) is 42.8 Å². The zero-order valence-electron chi connectivity index (χ0n) is 15.3. The fraction of sp³-hybridized carbons (Fsp3) is 0.333. The van der Waals surface area contributed by atoms with Gasteiger partial charge >= 0.3 is 0 Å². The van der Waals surface area contributed by atoms with Crippen LogP contribution >= 0.6 is 11.6 Å². The molecule has 27 heavy (non-hydrogen) atoms. The summed E-state index contributed by atoms with van der Waals surface area (Å²) in [5.41, 5.74) is 1.00. The highest BCUT2D eigenvalue weighted by Gasteiger charge is 2.24.